The highest BCUT2D eigenvalue weighted by atomic mass is 16.5. The van der Waals surface area contributed by atoms with Crippen LogP contribution in [0.15, 0.2) is 0 Å². The highest BCUT2D eigenvalue weighted by molar-refractivity contribution is 5.79. The highest BCUT2D eigenvalue weighted by Crippen LogP contribution is 2.23. The number of methoxy groups -OCH3 is 1. The number of rotatable bonds is 4. The van der Waals surface area contributed by atoms with Crippen molar-refractivity contribution in [3.63, 3.8) is 0 Å². The minimum atomic E-state index is -0.866. The number of ether oxygens (including phenoxy) is 1. The first-order valence-corrected chi connectivity index (χ1v) is 6.50. The number of piperidine rings is 1. The zero-order chi connectivity index (χ0) is 13.1. The average Bonchev–Trinajstić information content (AvgIpc) is 2.30. The quantitative estimate of drug-likeness (QED) is 0.757. The Morgan fingerprint density at radius 3 is 2.76 bits per heavy atom. The predicted molar refractivity (Wildman–Crippen MR) is 68.7 cm³/mol. The second-order valence-electron chi connectivity index (χ2n) is 5.56. The summed E-state index contributed by atoms with van der Waals surface area (Å²) in [4.78, 5) is 13.9. The van der Waals surface area contributed by atoms with Gasteiger partial charge in [0.2, 0.25) is 0 Å². The number of likely N-dealkylation sites (tertiary alicyclic amines) is 1. The molecule has 4 nitrogen and oxygen atoms in total. The zero-order valence-electron chi connectivity index (χ0n) is 11.5. The van der Waals surface area contributed by atoms with Crippen LogP contribution in [0.25, 0.3) is 0 Å². The van der Waals surface area contributed by atoms with Crippen molar-refractivity contribution in [3.05, 3.63) is 0 Å². The van der Waals surface area contributed by atoms with Crippen LogP contribution in [0.1, 0.15) is 40.0 Å². The molecule has 0 aliphatic carbocycles. The number of hydrogen-bond acceptors (Lipinski definition) is 4. The lowest BCUT2D eigenvalue weighted by Crippen LogP contribution is -2.50. The molecule has 2 N–H and O–H groups in total. The van der Waals surface area contributed by atoms with Gasteiger partial charge in [-0.25, -0.2) is 0 Å². The first kappa shape index (κ1) is 14.5. The van der Waals surface area contributed by atoms with Gasteiger partial charge >= 0.3 is 5.97 Å². The van der Waals surface area contributed by atoms with Gasteiger partial charge in [-0.05, 0) is 45.6 Å². The lowest BCUT2D eigenvalue weighted by atomic mass is 9.90. The van der Waals surface area contributed by atoms with Crippen molar-refractivity contribution in [2.45, 2.75) is 51.6 Å². The average molecular weight is 242 g/mol. The van der Waals surface area contributed by atoms with Crippen LogP contribution in [0.5, 0.6) is 0 Å². The minimum Gasteiger partial charge on any atom is -0.468 e. The van der Waals surface area contributed by atoms with Crippen molar-refractivity contribution >= 4 is 5.97 Å². The van der Waals surface area contributed by atoms with Crippen molar-refractivity contribution < 1.29 is 9.53 Å². The molecule has 4 heteroatoms. The number of hydrogen-bond donors (Lipinski definition) is 1. The van der Waals surface area contributed by atoms with Crippen LogP contribution in [0.3, 0.4) is 0 Å². The Morgan fingerprint density at radius 2 is 2.18 bits per heavy atom. The summed E-state index contributed by atoms with van der Waals surface area (Å²) in [6, 6.07) is 0.581. The fourth-order valence-corrected chi connectivity index (χ4v) is 2.45. The SMILES string of the molecule is COC(=O)C(C)(N)CCN1CCCC(C)C1C. The molecule has 0 saturated carbocycles. The van der Waals surface area contributed by atoms with Crippen LogP contribution < -0.4 is 5.73 Å². The van der Waals surface area contributed by atoms with Gasteiger partial charge in [-0.3, -0.25) is 4.79 Å². The fraction of sp³-hybridized carbons (Fsp3) is 0.923. The van der Waals surface area contributed by atoms with Crippen molar-refractivity contribution in [3.8, 4) is 0 Å². The van der Waals surface area contributed by atoms with E-state index in [1.807, 2.05) is 0 Å². The molecule has 0 spiro atoms. The molecule has 0 aromatic carbocycles. The molecule has 100 valence electrons. The molecule has 0 radical (unpaired) electrons. The summed E-state index contributed by atoms with van der Waals surface area (Å²) in [6.45, 7) is 8.28. The Balaban J connectivity index is 2.47. The Hall–Kier alpha value is -0.610. The highest BCUT2D eigenvalue weighted by Gasteiger charge is 2.32. The molecule has 0 bridgehead atoms. The summed E-state index contributed by atoms with van der Waals surface area (Å²) in [6.07, 6.45) is 3.19. The third kappa shape index (κ3) is 3.68. The second kappa shape index (κ2) is 5.83. The molecule has 0 aromatic heterocycles. The molecule has 1 heterocycles. The Bertz CT molecular complexity index is 266. The van der Waals surface area contributed by atoms with Gasteiger partial charge in [0.05, 0.1) is 7.11 Å². The number of nitrogens with zero attached hydrogens (tertiary/aromatic N) is 1. The van der Waals surface area contributed by atoms with E-state index < -0.39 is 5.54 Å². The second-order valence-corrected chi connectivity index (χ2v) is 5.56. The van der Waals surface area contributed by atoms with E-state index in [1.165, 1.54) is 20.0 Å². The predicted octanol–water partition coefficient (Wildman–Crippen LogP) is 1.39. The summed E-state index contributed by atoms with van der Waals surface area (Å²) < 4.78 is 4.72. The third-order valence-electron chi connectivity index (χ3n) is 4.07. The van der Waals surface area contributed by atoms with Gasteiger partial charge in [0, 0.05) is 12.6 Å². The van der Waals surface area contributed by atoms with Gasteiger partial charge in [-0.1, -0.05) is 6.92 Å². The molecule has 0 amide bonds. The Kier molecular flexibility index (Phi) is 4.95. The third-order valence-corrected chi connectivity index (χ3v) is 4.07. The van der Waals surface area contributed by atoms with Gasteiger partial charge < -0.3 is 15.4 Å². The van der Waals surface area contributed by atoms with E-state index >= 15 is 0 Å². The van der Waals surface area contributed by atoms with Crippen LogP contribution in [0.2, 0.25) is 0 Å². The van der Waals surface area contributed by atoms with Crippen molar-refractivity contribution in [2.24, 2.45) is 11.7 Å². The first-order valence-electron chi connectivity index (χ1n) is 6.50. The lowest BCUT2D eigenvalue weighted by Gasteiger charge is -2.39. The molecule has 1 rings (SSSR count). The van der Waals surface area contributed by atoms with Crippen LogP contribution in [0, 0.1) is 5.92 Å². The molecule has 3 atom stereocenters. The monoisotopic (exact) mass is 242 g/mol. The van der Waals surface area contributed by atoms with Crippen molar-refractivity contribution in [1.82, 2.24) is 4.90 Å². The van der Waals surface area contributed by atoms with E-state index in [2.05, 4.69) is 18.7 Å². The van der Waals surface area contributed by atoms with Crippen LogP contribution >= 0.6 is 0 Å². The van der Waals surface area contributed by atoms with E-state index in [-0.39, 0.29) is 5.97 Å². The maximum atomic E-state index is 11.5. The zero-order valence-corrected chi connectivity index (χ0v) is 11.5. The smallest absolute Gasteiger partial charge is 0.325 e. The first-order chi connectivity index (χ1) is 7.88. The molecule has 17 heavy (non-hydrogen) atoms. The van der Waals surface area contributed by atoms with E-state index in [0.717, 1.165) is 19.0 Å². The number of carbonyl (C=O) groups is 1. The molecule has 1 aliphatic heterocycles. The summed E-state index contributed by atoms with van der Waals surface area (Å²) in [7, 11) is 1.39. The summed E-state index contributed by atoms with van der Waals surface area (Å²) in [5.74, 6) is 0.404. The van der Waals surface area contributed by atoms with E-state index in [0.29, 0.717) is 12.5 Å². The van der Waals surface area contributed by atoms with E-state index in [4.69, 9.17) is 10.5 Å². The Morgan fingerprint density at radius 1 is 1.53 bits per heavy atom. The largest absolute Gasteiger partial charge is 0.468 e. The van der Waals surface area contributed by atoms with E-state index in [1.54, 1.807) is 6.92 Å². The molecule has 1 saturated heterocycles. The molecule has 1 aliphatic rings. The number of esters is 1. The normalized spacial score (nSPS) is 29.7. The fourth-order valence-electron chi connectivity index (χ4n) is 2.45. The van der Waals surface area contributed by atoms with Gasteiger partial charge in [0.15, 0.2) is 0 Å². The minimum absolute atomic E-state index is 0.324. The number of nitrogens with two attached hydrogens (primary N) is 1. The topological polar surface area (TPSA) is 55.6 Å². The van der Waals surface area contributed by atoms with Crippen LogP contribution in [-0.4, -0.2) is 42.6 Å². The van der Waals surface area contributed by atoms with Crippen LogP contribution in [0.4, 0.5) is 0 Å². The summed E-state index contributed by atoms with van der Waals surface area (Å²) in [5.41, 5.74) is 5.10. The van der Waals surface area contributed by atoms with Gasteiger partial charge in [0.1, 0.15) is 5.54 Å². The van der Waals surface area contributed by atoms with Gasteiger partial charge in [-0.15, -0.1) is 0 Å². The van der Waals surface area contributed by atoms with E-state index in [9.17, 15) is 4.79 Å². The van der Waals surface area contributed by atoms with Crippen molar-refractivity contribution in [1.29, 1.82) is 0 Å². The maximum absolute atomic E-state index is 11.5. The number of carbonyl (C=O) groups excluding carboxylic acids is 1. The van der Waals surface area contributed by atoms with Gasteiger partial charge in [-0.2, -0.15) is 0 Å². The summed E-state index contributed by atoms with van der Waals surface area (Å²) >= 11 is 0. The van der Waals surface area contributed by atoms with Crippen LogP contribution in [-0.2, 0) is 9.53 Å². The molecular weight excluding hydrogens is 216 g/mol. The molecule has 1 fully saturated rings. The maximum Gasteiger partial charge on any atom is 0.325 e. The standard InChI is InChI=1S/C13H26N2O2/c1-10-6-5-8-15(11(10)2)9-7-13(3,14)12(16)17-4/h10-11H,5-9,14H2,1-4H3. The Labute approximate surface area is 104 Å². The molecular formula is C13H26N2O2. The summed E-state index contributed by atoms with van der Waals surface area (Å²) in [5, 5.41) is 0. The van der Waals surface area contributed by atoms with Crippen molar-refractivity contribution in [2.75, 3.05) is 20.2 Å². The molecule has 3 unspecified atom stereocenters. The van der Waals surface area contributed by atoms with Gasteiger partial charge in [0.25, 0.3) is 0 Å². The molecule has 0 aromatic rings. The lowest BCUT2D eigenvalue weighted by molar-refractivity contribution is -0.146.